The fourth-order valence-electron chi connectivity index (χ4n) is 2.12. The van der Waals surface area contributed by atoms with Crippen molar-refractivity contribution in [2.24, 2.45) is 0 Å². The zero-order valence-electron chi connectivity index (χ0n) is 12.7. The summed E-state index contributed by atoms with van der Waals surface area (Å²) in [5, 5.41) is 8.23. The molecular formula is C14H20Cl2F3N3OS. The van der Waals surface area contributed by atoms with Crippen molar-refractivity contribution in [3.63, 3.8) is 0 Å². The molecule has 0 saturated carbocycles. The Morgan fingerprint density at radius 1 is 1.25 bits per heavy atom. The van der Waals surface area contributed by atoms with Crippen molar-refractivity contribution < 1.29 is 18.0 Å². The number of anilines is 2. The number of carbonyl (C=O) groups is 1. The molecule has 0 spiro atoms. The molecule has 24 heavy (non-hydrogen) atoms. The van der Waals surface area contributed by atoms with E-state index in [2.05, 4.69) is 16.0 Å². The molecule has 1 unspecified atom stereocenters. The summed E-state index contributed by atoms with van der Waals surface area (Å²) in [5.41, 5.74) is 0.624. The Bertz CT molecular complexity index is 514. The van der Waals surface area contributed by atoms with Gasteiger partial charge in [0, 0.05) is 30.5 Å². The molecule has 0 radical (unpaired) electrons. The summed E-state index contributed by atoms with van der Waals surface area (Å²) in [5.74, 6) is 1.69. The average molecular weight is 406 g/mol. The van der Waals surface area contributed by atoms with Gasteiger partial charge in [0.1, 0.15) is 6.54 Å². The van der Waals surface area contributed by atoms with E-state index in [1.807, 2.05) is 0 Å². The Hall–Kier alpha value is -0.830. The highest BCUT2D eigenvalue weighted by Gasteiger charge is 2.27. The molecule has 1 amide bonds. The highest BCUT2D eigenvalue weighted by molar-refractivity contribution is 7.99. The van der Waals surface area contributed by atoms with Crippen LogP contribution in [-0.2, 0) is 4.79 Å². The molecule has 0 aliphatic carbocycles. The quantitative estimate of drug-likeness (QED) is 0.701. The third-order valence-corrected chi connectivity index (χ3v) is 4.24. The largest absolute Gasteiger partial charge is 0.405 e. The number of alkyl halides is 3. The zero-order chi connectivity index (χ0) is 16.0. The van der Waals surface area contributed by atoms with Gasteiger partial charge in [-0.1, -0.05) is 12.1 Å². The van der Waals surface area contributed by atoms with Crippen molar-refractivity contribution in [1.82, 2.24) is 5.32 Å². The third kappa shape index (κ3) is 8.32. The molecule has 138 valence electrons. The minimum Gasteiger partial charge on any atom is -0.375 e. The van der Waals surface area contributed by atoms with Crippen molar-refractivity contribution >= 4 is 53.9 Å². The van der Waals surface area contributed by atoms with Crippen LogP contribution in [0.25, 0.3) is 0 Å². The normalized spacial score (nSPS) is 17.2. The van der Waals surface area contributed by atoms with Crippen LogP contribution in [0.2, 0.25) is 0 Å². The second-order valence-electron chi connectivity index (χ2n) is 4.99. The van der Waals surface area contributed by atoms with Crippen LogP contribution in [0, 0.1) is 0 Å². The number of thioether (sulfide) groups is 1. The number of halogens is 5. The molecule has 0 aromatic heterocycles. The van der Waals surface area contributed by atoms with Gasteiger partial charge in [0.15, 0.2) is 0 Å². The first-order valence-electron chi connectivity index (χ1n) is 6.95. The lowest BCUT2D eigenvalue weighted by molar-refractivity contribution is -0.116. The first-order chi connectivity index (χ1) is 10.4. The van der Waals surface area contributed by atoms with E-state index in [4.69, 9.17) is 0 Å². The van der Waals surface area contributed by atoms with Crippen LogP contribution >= 0.6 is 36.6 Å². The summed E-state index contributed by atoms with van der Waals surface area (Å²) >= 11 is 1.79. The summed E-state index contributed by atoms with van der Waals surface area (Å²) in [7, 11) is 0. The van der Waals surface area contributed by atoms with Crippen molar-refractivity contribution in [3.8, 4) is 0 Å². The number of hydrogen-bond acceptors (Lipinski definition) is 4. The lowest BCUT2D eigenvalue weighted by Gasteiger charge is -2.22. The molecular weight excluding hydrogens is 386 g/mol. The lowest BCUT2D eigenvalue weighted by atomic mass is 10.2. The van der Waals surface area contributed by atoms with Gasteiger partial charge in [0.05, 0.1) is 11.4 Å². The number of benzene rings is 1. The summed E-state index contributed by atoms with van der Waals surface area (Å²) in [6, 6.07) is 6.49. The van der Waals surface area contributed by atoms with Gasteiger partial charge in [0.25, 0.3) is 0 Å². The van der Waals surface area contributed by atoms with E-state index >= 15 is 0 Å². The van der Waals surface area contributed by atoms with Crippen LogP contribution < -0.4 is 16.0 Å². The van der Waals surface area contributed by atoms with Gasteiger partial charge < -0.3 is 16.0 Å². The molecule has 1 aromatic carbocycles. The molecule has 1 aromatic rings. The van der Waals surface area contributed by atoms with E-state index in [1.165, 1.54) is 6.07 Å². The van der Waals surface area contributed by atoms with E-state index in [9.17, 15) is 18.0 Å². The number of para-hydroxylation sites is 2. The summed E-state index contributed by atoms with van der Waals surface area (Å²) in [6.07, 6.45) is -4.00. The van der Waals surface area contributed by atoms with Crippen LogP contribution in [0.1, 0.15) is 6.42 Å². The Labute approximate surface area is 155 Å². The molecule has 1 aliphatic rings. The lowest BCUT2D eigenvalue weighted by Crippen LogP contribution is -2.40. The third-order valence-electron chi connectivity index (χ3n) is 3.11. The van der Waals surface area contributed by atoms with Crippen LogP contribution in [0.5, 0.6) is 0 Å². The van der Waals surface area contributed by atoms with Crippen molar-refractivity contribution in [2.75, 3.05) is 35.2 Å². The van der Waals surface area contributed by atoms with E-state index in [1.54, 1.807) is 30.0 Å². The van der Waals surface area contributed by atoms with Gasteiger partial charge >= 0.3 is 6.18 Å². The van der Waals surface area contributed by atoms with Crippen LogP contribution in [-0.4, -0.2) is 42.7 Å². The van der Waals surface area contributed by atoms with Crippen molar-refractivity contribution in [1.29, 1.82) is 0 Å². The van der Waals surface area contributed by atoms with Crippen LogP contribution in [0.4, 0.5) is 24.5 Å². The Morgan fingerprint density at radius 3 is 2.50 bits per heavy atom. The maximum atomic E-state index is 12.3. The van der Waals surface area contributed by atoms with Crippen molar-refractivity contribution in [2.45, 2.75) is 18.6 Å². The highest BCUT2D eigenvalue weighted by atomic mass is 35.5. The Balaban J connectivity index is 0.00000264. The second kappa shape index (κ2) is 10.9. The summed E-state index contributed by atoms with van der Waals surface area (Å²) in [4.78, 5) is 12.0. The molecule has 10 heteroatoms. The molecule has 1 saturated heterocycles. The summed E-state index contributed by atoms with van der Waals surface area (Å²) < 4.78 is 36.9. The Morgan fingerprint density at radius 2 is 1.92 bits per heavy atom. The van der Waals surface area contributed by atoms with Crippen LogP contribution in [0.3, 0.4) is 0 Å². The Kier molecular flexibility index (Phi) is 10.5. The monoisotopic (exact) mass is 405 g/mol. The smallest absolute Gasteiger partial charge is 0.375 e. The van der Waals surface area contributed by atoms with Gasteiger partial charge in [0.2, 0.25) is 5.91 Å². The minimum absolute atomic E-state index is 0. The molecule has 1 fully saturated rings. The second-order valence-corrected chi connectivity index (χ2v) is 6.14. The molecule has 1 aliphatic heterocycles. The van der Waals surface area contributed by atoms with E-state index in [0.29, 0.717) is 12.1 Å². The molecule has 1 atom stereocenters. The predicted octanol–water partition coefficient (Wildman–Crippen LogP) is 3.54. The first-order valence-corrected chi connectivity index (χ1v) is 8.10. The predicted molar refractivity (Wildman–Crippen MR) is 97.8 cm³/mol. The average Bonchev–Trinajstić information content (AvgIpc) is 2.46. The number of hydrogen-bond donors (Lipinski definition) is 3. The summed E-state index contributed by atoms with van der Waals surface area (Å²) in [6.45, 7) is -0.271. The molecule has 1 heterocycles. The number of rotatable bonds is 5. The van der Waals surface area contributed by atoms with Gasteiger partial charge in [-0.3, -0.25) is 4.79 Å². The zero-order valence-corrected chi connectivity index (χ0v) is 15.1. The number of nitrogens with one attached hydrogen (secondary N) is 3. The topological polar surface area (TPSA) is 53.2 Å². The molecule has 2 rings (SSSR count). The van der Waals surface area contributed by atoms with Gasteiger partial charge in [-0.05, 0) is 12.1 Å². The maximum absolute atomic E-state index is 12.3. The van der Waals surface area contributed by atoms with Gasteiger partial charge in [-0.25, -0.2) is 0 Å². The molecule has 3 N–H and O–H groups in total. The first kappa shape index (κ1) is 23.2. The van der Waals surface area contributed by atoms with Crippen LogP contribution in [0.15, 0.2) is 24.3 Å². The number of amides is 1. The molecule has 4 nitrogen and oxygen atoms in total. The van der Waals surface area contributed by atoms with Gasteiger partial charge in [-0.2, -0.15) is 24.9 Å². The van der Waals surface area contributed by atoms with E-state index in [-0.39, 0.29) is 42.5 Å². The fraction of sp³-hybridized carbons (Fsp3) is 0.500. The SMILES string of the molecule is Cl.Cl.O=C(CC1CSCCN1)Nc1ccccc1NCC(F)(F)F. The number of carbonyl (C=O) groups excluding carboxylic acids is 1. The van der Waals surface area contributed by atoms with E-state index < -0.39 is 12.7 Å². The standard InChI is InChI=1S/C14H18F3N3OS.2ClH/c15-14(16,17)9-19-11-3-1-2-4-12(11)20-13(21)7-10-8-22-6-5-18-10;;/h1-4,10,18-19H,5-9H2,(H,20,21);2*1H. The highest BCUT2D eigenvalue weighted by Crippen LogP contribution is 2.24. The molecule has 0 bridgehead atoms. The maximum Gasteiger partial charge on any atom is 0.405 e. The minimum atomic E-state index is -4.31. The fourth-order valence-corrected chi connectivity index (χ4v) is 3.07. The van der Waals surface area contributed by atoms with E-state index in [0.717, 1.165) is 18.1 Å². The van der Waals surface area contributed by atoms with Crippen molar-refractivity contribution in [3.05, 3.63) is 24.3 Å². The van der Waals surface area contributed by atoms with Gasteiger partial charge in [-0.15, -0.1) is 24.8 Å².